The van der Waals surface area contributed by atoms with Crippen molar-refractivity contribution in [3.8, 4) is 0 Å². The molecule has 0 fully saturated rings. The van der Waals surface area contributed by atoms with Crippen LogP contribution < -0.4 is 0 Å². The summed E-state index contributed by atoms with van der Waals surface area (Å²) in [6.45, 7) is 3.59. The molecule has 3 heterocycles. The van der Waals surface area contributed by atoms with Gasteiger partial charge in [0.1, 0.15) is 0 Å². The maximum absolute atomic E-state index is 10.1. The highest BCUT2D eigenvalue weighted by Gasteiger charge is 2.16. The van der Waals surface area contributed by atoms with Crippen molar-refractivity contribution < 1.29 is 9.84 Å². The van der Waals surface area contributed by atoms with Crippen LogP contribution in [0.25, 0.3) is 5.57 Å². The summed E-state index contributed by atoms with van der Waals surface area (Å²) in [5.41, 5.74) is 1.44. The summed E-state index contributed by atoms with van der Waals surface area (Å²) < 4.78 is 5.58. The van der Waals surface area contributed by atoms with Gasteiger partial charge in [-0.05, 0) is 34.9 Å². The fourth-order valence-corrected chi connectivity index (χ4v) is 4.04. The summed E-state index contributed by atoms with van der Waals surface area (Å²) >= 11 is 3.48. The SMILES string of the molecule is OC(COCc1cccs1)CN1CC=C(c2cccs2)CC1. The van der Waals surface area contributed by atoms with Crippen LogP contribution in [0.4, 0.5) is 0 Å². The second kappa shape index (κ2) is 8.04. The van der Waals surface area contributed by atoms with Gasteiger partial charge in [-0.2, -0.15) is 0 Å². The van der Waals surface area contributed by atoms with Crippen LogP contribution in [0.2, 0.25) is 0 Å². The third-order valence-electron chi connectivity index (χ3n) is 3.73. The lowest BCUT2D eigenvalue weighted by atomic mass is 10.1. The molecule has 118 valence electrons. The molecule has 22 heavy (non-hydrogen) atoms. The van der Waals surface area contributed by atoms with Crippen LogP contribution in [-0.2, 0) is 11.3 Å². The highest BCUT2D eigenvalue weighted by atomic mass is 32.1. The highest BCUT2D eigenvalue weighted by molar-refractivity contribution is 7.11. The largest absolute Gasteiger partial charge is 0.389 e. The van der Waals surface area contributed by atoms with E-state index in [1.54, 1.807) is 22.7 Å². The van der Waals surface area contributed by atoms with Crippen LogP contribution in [0.3, 0.4) is 0 Å². The lowest BCUT2D eigenvalue weighted by molar-refractivity contribution is 0.0123. The maximum atomic E-state index is 10.1. The van der Waals surface area contributed by atoms with E-state index in [4.69, 9.17) is 4.74 Å². The third kappa shape index (κ3) is 4.51. The first kappa shape index (κ1) is 15.9. The predicted molar refractivity (Wildman–Crippen MR) is 93.3 cm³/mol. The van der Waals surface area contributed by atoms with Gasteiger partial charge in [-0.3, -0.25) is 4.90 Å². The van der Waals surface area contributed by atoms with Gasteiger partial charge in [0.25, 0.3) is 0 Å². The molecule has 0 spiro atoms. The Labute approximate surface area is 139 Å². The van der Waals surface area contributed by atoms with E-state index in [0.717, 1.165) is 19.5 Å². The zero-order valence-corrected chi connectivity index (χ0v) is 14.1. The zero-order chi connectivity index (χ0) is 15.2. The Kier molecular flexibility index (Phi) is 5.81. The topological polar surface area (TPSA) is 32.7 Å². The van der Waals surface area contributed by atoms with Crippen LogP contribution in [0, 0.1) is 0 Å². The van der Waals surface area contributed by atoms with Crippen molar-refractivity contribution in [3.63, 3.8) is 0 Å². The molecular weight excluding hydrogens is 314 g/mol. The van der Waals surface area contributed by atoms with E-state index in [9.17, 15) is 5.11 Å². The minimum atomic E-state index is -0.420. The summed E-state index contributed by atoms with van der Waals surface area (Å²) in [7, 11) is 0. The molecule has 1 atom stereocenters. The lowest BCUT2D eigenvalue weighted by Gasteiger charge is -2.27. The maximum Gasteiger partial charge on any atom is 0.0900 e. The molecule has 0 radical (unpaired) electrons. The van der Waals surface area contributed by atoms with Gasteiger partial charge in [-0.1, -0.05) is 18.2 Å². The van der Waals surface area contributed by atoms with E-state index < -0.39 is 6.10 Å². The standard InChI is InChI=1S/C17H21NO2S2/c19-15(12-20-13-16-3-1-9-21-16)11-18-7-5-14(6-8-18)17-4-2-10-22-17/h1-5,9-10,15,19H,6-8,11-13H2. The number of nitrogens with zero attached hydrogens (tertiary/aromatic N) is 1. The van der Waals surface area contributed by atoms with Gasteiger partial charge in [0.15, 0.2) is 0 Å². The van der Waals surface area contributed by atoms with Gasteiger partial charge in [0, 0.05) is 29.4 Å². The summed E-state index contributed by atoms with van der Waals surface area (Å²) in [6, 6.07) is 8.35. The molecule has 3 nitrogen and oxygen atoms in total. The van der Waals surface area contributed by atoms with Gasteiger partial charge < -0.3 is 9.84 Å². The second-order valence-electron chi connectivity index (χ2n) is 5.46. The Morgan fingerprint density at radius 3 is 2.77 bits per heavy atom. The van der Waals surface area contributed by atoms with Crippen molar-refractivity contribution in [3.05, 3.63) is 50.9 Å². The third-order valence-corrected chi connectivity index (χ3v) is 5.53. The molecule has 0 aliphatic carbocycles. The van der Waals surface area contributed by atoms with Crippen LogP contribution in [0.15, 0.2) is 41.1 Å². The Hall–Kier alpha value is -0.980. The monoisotopic (exact) mass is 335 g/mol. The van der Waals surface area contributed by atoms with Crippen molar-refractivity contribution in [1.29, 1.82) is 0 Å². The van der Waals surface area contributed by atoms with Gasteiger partial charge in [-0.15, -0.1) is 22.7 Å². The highest BCUT2D eigenvalue weighted by Crippen LogP contribution is 2.26. The van der Waals surface area contributed by atoms with Crippen molar-refractivity contribution in [2.24, 2.45) is 0 Å². The Bertz CT molecular complexity index is 578. The number of thiophene rings is 2. The molecule has 0 saturated carbocycles. The van der Waals surface area contributed by atoms with E-state index in [1.807, 2.05) is 11.4 Å². The number of aliphatic hydroxyl groups is 1. The smallest absolute Gasteiger partial charge is 0.0900 e. The molecule has 0 aromatic carbocycles. The summed E-state index contributed by atoms with van der Waals surface area (Å²) in [6.07, 6.45) is 2.93. The minimum absolute atomic E-state index is 0.399. The molecule has 1 unspecified atom stereocenters. The Balaban J connectivity index is 1.38. The number of ether oxygens (including phenoxy) is 1. The number of hydrogen-bond donors (Lipinski definition) is 1. The van der Waals surface area contributed by atoms with Crippen LogP contribution in [-0.4, -0.2) is 42.4 Å². The van der Waals surface area contributed by atoms with E-state index in [0.29, 0.717) is 19.8 Å². The zero-order valence-electron chi connectivity index (χ0n) is 12.5. The van der Waals surface area contributed by atoms with E-state index >= 15 is 0 Å². The molecule has 0 saturated heterocycles. The van der Waals surface area contributed by atoms with E-state index in [2.05, 4.69) is 34.6 Å². The first-order chi connectivity index (χ1) is 10.8. The first-order valence-corrected chi connectivity index (χ1v) is 9.30. The molecular formula is C17H21NO2S2. The van der Waals surface area contributed by atoms with E-state index in [1.165, 1.54) is 15.3 Å². The van der Waals surface area contributed by atoms with Crippen molar-refractivity contribution >= 4 is 28.2 Å². The molecule has 1 aliphatic rings. The Morgan fingerprint density at radius 1 is 1.23 bits per heavy atom. The van der Waals surface area contributed by atoms with Crippen LogP contribution >= 0.6 is 22.7 Å². The van der Waals surface area contributed by atoms with Gasteiger partial charge >= 0.3 is 0 Å². The lowest BCUT2D eigenvalue weighted by Crippen LogP contribution is -2.37. The molecule has 1 aliphatic heterocycles. The van der Waals surface area contributed by atoms with Crippen molar-refractivity contribution in [2.75, 3.05) is 26.2 Å². The number of aliphatic hydroxyl groups excluding tert-OH is 1. The van der Waals surface area contributed by atoms with Crippen LogP contribution in [0.5, 0.6) is 0 Å². The molecule has 0 bridgehead atoms. The molecule has 0 amide bonds. The van der Waals surface area contributed by atoms with Crippen molar-refractivity contribution in [2.45, 2.75) is 19.1 Å². The quantitative estimate of drug-likeness (QED) is 0.841. The minimum Gasteiger partial charge on any atom is -0.389 e. The second-order valence-corrected chi connectivity index (χ2v) is 7.44. The summed E-state index contributed by atoms with van der Waals surface area (Å²) in [4.78, 5) is 4.86. The number of β-amino-alcohol motifs (C(OH)–C–C–N with tert-alkyl or cyclic N) is 1. The van der Waals surface area contributed by atoms with E-state index in [-0.39, 0.29) is 0 Å². The average Bonchev–Trinajstić information content (AvgIpc) is 3.21. The van der Waals surface area contributed by atoms with Gasteiger partial charge in [0.05, 0.1) is 19.3 Å². The average molecular weight is 335 g/mol. The fourth-order valence-electron chi connectivity index (χ4n) is 2.60. The number of rotatable bonds is 7. The first-order valence-electron chi connectivity index (χ1n) is 7.55. The van der Waals surface area contributed by atoms with Gasteiger partial charge in [-0.25, -0.2) is 0 Å². The molecule has 2 aromatic rings. The predicted octanol–water partition coefficient (Wildman–Crippen LogP) is 3.48. The van der Waals surface area contributed by atoms with Crippen molar-refractivity contribution in [1.82, 2.24) is 4.90 Å². The molecule has 1 N–H and O–H groups in total. The Morgan fingerprint density at radius 2 is 2.09 bits per heavy atom. The van der Waals surface area contributed by atoms with Crippen LogP contribution in [0.1, 0.15) is 16.2 Å². The number of hydrogen-bond acceptors (Lipinski definition) is 5. The fraction of sp³-hybridized carbons (Fsp3) is 0.412. The normalized spacial score (nSPS) is 17.4. The summed E-state index contributed by atoms with van der Waals surface area (Å²) in [5.74, 6) is 0. The molecule has 2 aromatic heterocycles. The molecule has 5 heteroatoms. The summed E-state index contributed by atoms with van der Waals surface area (Å²) in [5, 5.41) is 14.3. The van der Waals surface area contributed by atoms with Gasteiger partial charge in [0.2, 0.25) is 0 Å². The molecule has 3 rings (SSSR count).